The maximum absolute atomic E-state index is 11.9. The number of imide groups is 1. The molecule has 92 valence electrons. The van der Waals surface area contributed by atoms with Gasteiger partial charge in [0.1, 0.15) is 6.54 Å². The first-order valence-electron chi connectivity index (χ1n) is 5.91. The molecule has 0 radical (unpaired) electrons. The second-order valence-electron chi connectivity index (χ2n) is 4.50. The van der Waals surface area contributed by atoms with Crippen LogP contribution in [0.1, 0.15) is 26.2 Å². The van der Waals surface area contributed by atoms with Gasteiger partial charge in [0, 0.05) is 24.7 Å². The molecular formula is C12H16N2O3. The average Bonchev–Trinajstić information content (AvgIpc) is 2.57. The number of hydrogen-bond donors (Lipinski definition) is 0. The first-order chi connectivity index (χ1) is 8.09. The Labute approximate surface area is 100 Å². The van der Waals surface area contributed by atoms with Crippen LogP contribution in [0.25, 0.3) is 0 Å². The van der Waals surface area contributed by atoms with Crippen LogP contribution in [0, 0.1) is 0 Å². The molecule has 2 aliphatic heterocycles. The minimum atomic E-state index is -0.377. The second-order valence-corrected chi connectivity index (χ2v) is 4.50. The summed E-state index contributed by atoms with van der Waals surface area (Å²) in [6, 6.07) is 0. The zero-order valence-electron chi connectivity index (χ0n) is 9.94. The Hall–Kier alpha value is -1.65. The largest absolute Gasteiger partial charge is 0.341 e. The fraction of sp³-hybridized carbons (Fsp3) is 0.583. The van der Waals surface area contributed by atoms with Crippen molar-refractivity contribution in [1.82, 2.24) is 9.80 Å². The molecule has 0 aromatic rings. The lowest BCUT2D eigenvalue weighted by Gasteiger charge is -2.28. The van der Waals surface area contributed by atoms with Crippen molar-refractivity contribution >= 4 is 17.7 Å². The number of carbonyl (C=O) groups is 3. The third-order valence-electron chi connectivity index (χ3n) is 3.19. The third kappa shape index (κ3) is 2.38. The van der Waals surface area contributed by atoms with Crippen molar-refractivity contribution in [3.8, 4) is 0 Å². The van der Waals surface area contributed by atoms with E-state index in [-0.39, 0.29) is 24.3 Å². The molecule has 5 heteroatoms. The smallest absolute Gasteiger partial charge is 0.257 e. The normalized spacial score (nSPS) is 20.9. The molecule has 1 fully saturated rings. The number of piperidine rings is 1. The monoisotopic (exact) mass is 236 g/mol. The van der Waals surface area contributed by atoms with E-state index < -0.39 is 0 Å². The van der Waals surface area contributed by atoms with Gasteiger partial charge < -0.3 is 4.90 Å². The van der Waals surface area contributed by atoms with E-state index in [4.69, 9.17) is 0 Å². The fourth-order valence-corrected chi connectivity index (χ4v) is 2.17. The molecule has 0 bridgehead atoms. The van der Waals surface area contributed by atoms with Crippen molar-refractivity contribution in [1.29, 1.82) is 0 Å². The maximum atomic E-state index is 11.9. The Balaban J connectivity index is 1.95. The molecule has 2 rings (SSSR count). The number of nitrogens with zero attached hydrogens (tertiary/aromatic N) is 2. The van der Waals surface area contributed by atoms with E-state index in [2.05, 4.69) is 0 Å². The standard InChI is InChI=1S/C12H16N2O3/c1-9-7-10(15)14(12(9)17)8-11(16)13-5-3-2-4-6-13/h7H,2-6,8H2,1H3. The van der Waals surface area contributed by atoms with Gasteiger partial charge in [0.25, 0.3) is 11.8 Å². The van der Waals surface area contributed by atoms with E-state index in [0.29, 0.717) is 5.57 Å². The molecule has 2 aliphatic rings. The van der Waals surface area contributed by atoms with Gasteiger partial charge in [-0.05, 0) is 26.2 Å². The first kappa shape index (κ1) is 11.8. The maximum Gasteiger partial charge on any atom is 0.257 e. The summed E-state index contributed by atoms with van der Waals surface area (Å²) in [5.74, 6) is -0.854. The minimum absolute atomic E-state index is 0.120. The Morgan fingerprint density at radius 1 is 1.24 bits per heavy atom. The van der Waals surface area contributed by atoms with Gasteiger partial charge in [-0.25, -0.2) is 0 Å². The van der Waals surface area contributed by atoms with Crippen LogP contribution in [0.2, 0.25) is 0 Å². The molecular weight excluding hydrogens is 220 g/mol. The Kier molecular flexibility index (Phi) is 3.26. The van der Waals surface area contributed by atoms with E-state index >= 15 is 0 Å². The molecule has 3 amide bonds. The zero-order valence-corrected chi connectivity index (χ0v) is 9.94. The number of likely N-dealkylation sites (tertiary alicyclic amines) is 1. The molecule has 0 aliphatic carbocycles. The topological polar surface area (TPSA) is 57.7 Å². The summed E-state index contributed by atoms with van der Waals surface area (Å²) in [7, 11) is 0. The van der Waals surface area contributed by atoms with Crippen molar-refractivity contribution in [2.24, 2.45) is 0 Å². The summed E-state index contributed by atoms with van der Waals surface area (Å²) >= 11 is 0. The fourth-order valence-electron chi connectivity index (χ4n) is 2.17. The van der Waals surface area contributed by atoms with E-state index in [1.54, 1.807) is 11.8 Å². The van der Waals surface area contributed by atoms with Crippen LogP contribution in [0.15, 0.2) is 11.6 Å². The summed E-state index contributed by atoms with van der Waals surface area (Å²) in [5, 5.41) is 0. The Morgan fingerprint density at radius 3 is 2.41 bits per heavy atom. The summed E-state index contributed by atoms with van der Waals surface area (Å²) in [5.41, 5.74) is 0.404. The molecule has 2 heterocycles. The molecule has 0 unspecified atom stereocenters. The lowest BCUT2D eigenvalue weighted by Crippen LogP contribution is -2.44. The van der Waals surface area contributed by atoms with E-state index in [9.17, 15) is 14.4 Å². The summed E-state index contributed by atoms with van der Waals surface area (Å²) in [6.07, 6.45) is 4.44. The molecule has 0 atom stereocenters. The van der Waals surface area contributed by atoms with Crippen molar-refractivity contribution < 1.29 is 14.4 Å². The highest BCUT2D eigenvalue weighted by Crippen LogP contribution is 2.14. The van der Waals surface area contributed by atoms with Gasteiger partial charge in [0.05, 0.1) is 0 Å². The molecule has 5 nitrogen and oxygen atoms in total. The Bertz CT molecular complexity index is 395. The quantitative estimate of drug-likeness (QED) is 0.648. The average molecular weight is 236 g/mol. The van der Waals surface area contributed by atoms with Crippen LogP contribution >= 0.6 is 0 Å². The van der Waals surface area contributed by atoms with Crippen molar-refractivity contribution in [2.75, 3.05) is 19.6 Å². The van der Waals surface area contributed by atoms with E-state index in [0.717, 1.165) is 37.3 Å². The van der Waals surface area contributed by atoms with Gasteiger partial charge in [-0.15, -0.1) is 0 Å². The summed E-state index contributed by atoms with van der Waals surface area (Å²) < 4.78 is 0. The highest BCUT2D eigenvalue weighted by atomic mass is 16.2. The Morgan fingerprint density at radius 2 is 1.88 bits per heavy atom. The molecule has 0 saturated carbocycles. The van der Waals surface area contributed by atoms with Gasteiger partial charge >= 0.3 is 0 Å². The molecule has 0 aromatic heterocycles. The highest BCUT2D eigenvalue weighted by Gasteiger charge is 2.31. The molecule has 0 spiro atoms. The zero-order chi connectivity index (χ0) is 12.4. The number of carbonyl (C=O) groups excluding carboxylic acids is 3. The van der Waals surface area contributed by atoms with Crippen LogP contribution in [-0.4, -0.2) is 47.2 Å². The van der Waals surface area contributed by atoms with Gasteiger partial charge in [-0.3, -0.25) is 19.3 Å². The van der Waals surface area contributed by atoms with E-state index in [1.165, 1.54) is 6.08 Å². The van der Waals surface area contributed by atoms with Crippen LogP contribution in [0.5, 0.6) is 0 Å². The number of hydrogen-bond acceptors (Lipinski definition) is 3. The SMILES string of the molecule is CC1=CC(=O)N(CC(=O)N2CCCCC2)C1=O. The van der Waals surface area contributed by atoms with Crippen LogP contribution < -0.4 is 0 Å². The van der Waals surface area contributed by atoms with Gasteiger partial charge in [-0.1, -0.05) is 0 Å². The third-order valence-corrected chi connectivity index (χ3v) is 3.19. The van der Waals surface area contributed by atoms with Crippen molar-refractivity contribution in [2.45, 2.75) is 26.2 Å². The lowest BCUT2D eigenvalue weighted by atomic mass is 10.1. The van der Waals surface area contributed by atoms with Gasteiger partial charge in [0.2, 0.25) is 5.91 Å². The minimum Gasteiger partial charge on any atom is -0.341 e. The second kappa shape index (κ2) is 4.69. The van der Waals surface area contributed by atoms with Crippen molar-refractivity contribution in [3.05, 3.63) is 11.6 Å². The van der Waals surface area contributed by atoms with E-state index in [1.807, 2.05) is 0 Å². The molecule has 0 N–H and O–H groups in total. The van der Waals surface area contributed by atoms with Crippen LogP contribution in [-0.2, 0) is 14.4 Å². The number of rotatable bonds is 2. The lowest BCUT2D eigenvalue weighted by molar-refractivity contribution is -0.145. The highest BCUT2D eigenvalue weighted by molar-refractivity contribution is 6.17. The predicted octanol–water partition coefficient (Wildman–Crippen LogP) is 0.314. The van der Waals surface area contributed by atoms with Crippen LogP contribution in [0.4, 0.5) is 0 Å². The summed E-state index contributed by atoms with van der Waals surface area (Å²) in [4.78, 5) is 37.7. The van der Waals surface area contributed by atoms with Gasteiger partial charge in [0.15, 0.2) is 0 Å². The van der Waals surface area contributed by atoms with Crippen LogP contribution in [0.3, 0.4) is 0 Å². The summed E-state index contributed by atoms with van der Waals surface area (Å²) in [6.45, 7) is 2.94. The molecule has 17 heavy (non-hydrogen) atoms. The molecule has 0 aromatic carbocycles. The van der Waals surface area contributed by atoms with Gasteiger partial charge in [-0.2, -0.15) is 0 Å². The predicted molar refractivity (Wildman–Crippen MR) is 60.9 cm³/mol. The molecule has 1 saturated heterocycles. The van der Waals surface area contributed by atoms with Crippen molar-refractivity contribution in [3.63, 3.8) is 0 Å². The number of amides is 3. The first-order valence-corrected chi connectivity index (χ1v) is 5.91.